The molecule has 1 saturated heterocycles. The molecular formula is C18H26Cl2N4O2. The third kappa shape index (κ3) is 7.02. The van der Waals surface area contributed by atoms with Crippen molar-refractivity contribution in [2.75, 3.05) is 26.2 Å². The number of hydrogen-bond acceptors (Lipinski definition) is 3. The minimum atomic E-state index is -0.254. The highest BCUT2D eigenvalue weighted by Crippen LogP contribution is 2.19. The van der Waals surface area contributed by atoms with Crippen molar-refractivity contribution >= 4 is 35.1 Å². The van der Waals surface area contributed by atoms with Crippen molar-refractivity contribution in [2.45, 2.75) is 38.8 Å². The van der Waals surface area contributed by atoms with Gasteiger partial charge >= 0.3 is 6.03 Å². The van der Waals surface area contributed by atoms with E-state index in [0.29, 0.717) is 22.2 Å². The SMILES string of the molecule is CC(C)(C)NC(=O)NCCN1CCC(NC(=O)c2cc(Cl)cc(Cl)c2)C1. The van der Waals surface area contributed by atoms with Crippen LogP contribution in [0.5, 0.6) is 0 Å². The highest BCUT2D eigenvalue weighted by molar-refractivity contribution is 6.35. The zero-order valence-corrected chi connectivity index (χ0v) is 16.9. The van der Waals surface area contributed by atoms with Gasteiger partial charge in [0.1, 0.15) is 0 Å². The van der Waals surface area contributed by atoms with Crippen molar-refractivity contribution in [3.05, 3.63) is 33.8 Å². The Balaban J connectivity index is 1.73. The van der Waals surface area contributed by atoms with E-state index in [1.54, 1.807) is 18.2 Å². The molecule has 2 rings (SSSR count). The van der Waals surface area contributed by atoms with Crippen molar-refractivity contribution in [2.24, 2.45) is 0 Å². The molecule has 0 saturated carbocycles. The number of likely N-dealkylation sites (tertiary alicyclic amines) is 1. The van der Waals surface area contributed by atoms with E-state index >= 15 is 0 Å². The van der Waals surface area contributed by atoms with Gasteiger partial charge in [0.05, 0.1) is 0 Å². The standard InChI is InChI=1S/C18H26Cl2N4O2/c1-18(2,3)23-17(26)21-5-7-24-6-4-15(11-24)22-16(25)12-8-13(19)10-14(20)9-12/h8-10,15H,4-7,11H2,1-3H3,(H,22,25)(H2,21,23,26). The maximum absolute atomic E-state index is 12.3. The summed E-state index contributed by atoms with van der Waals surface area (Å²) in [5.41, 5.74) is 0.206. The number of amides is 3. The highest BCUT2D eigenvalue weighted by atomic mass is 35.5. The molecular weight excluding hydrogens is 375 g/mol. The molecule has 1 aliphatic rings. The quantitative estimate of drug-likeness (QED) is 0.711. The van der Waals surface area contributed by atoms with Crippen LogP contribution in [0.3, 0.4) is 0 Å². The van der Waals surface area contributed by atoms with Crippen molar-refractivity contribution in [3.8, 4) is 0 Å². The van der Waals surface area contributed by atoms with Crippen LogP contribution < -0.4 is 16.0 Å². The van der Waals surface area contributed by atoms with Gasteiger partial charge in [-0.15, -0.1) is 0 Å². The third-order valence-electron chi connectivity index (χ3n) is 3.93. The molecule has 1 atom stereocenters. The van der Waals surface area contributed by atoms with E-state index in [4.69, 9.17) is 23.2 Å². The number of halogens is 2. The van der Waals surface area contributed by atoms with Crippen LogP contribution in [0.2, 0.25) is 10.0 Å². The van der Waals surface area contributed by atoms with Crippen molar-refractivity contribution in [1.29, 1.82) is 0 Å². The highest BCUT2D eigenvalue weighted by Gasteiger charge is 2.24. The summed E-state index contributed by atoms with van der Waals surface area (Å²) in [4.78, 5) is 26.3. The first kappa shape index (κ1) is 20.8. The maximum atomic E-state index is 12.3. The minimum Gasteiger partial charge on any atom is -0.348 e. The molecule has 3 amide bonds. The fourth-order valence-electron chi connectivity index (χ4n) is 2.82. The Morgan fingerprint density at radius 2 is 1.85 bits per heavy atom. The third-order valence-corrected chi connectivity index (χ3v) is 4.37. The Morgan fingerprint density at radius 1 is 1.19 bits per heavy atom. The summed E-state index contributed by atoms with van der Waals surface area (Å²) in [6.07, 6.45) is 0.869. The van der Waals surface area contributed by atoms with Crippen molar-refractivity contribution < 1.29 is 9.59 Å². The zero-order valence-electron chi connectivity index (χ0n) is 15.4. The number of nitrogens with one attached hydrogen (secondary N) is 3. The molecule has 1 aromatic rings. The van der Waals surface area contributed by atoms with Crippen LogP contribution in [0, 0.1) is 0 Å². The van der Waals surface area contributed by atoms with Crippen LogP contribution in [-0.4, -0.2) is 54.6 Å². The Kier molecular flexibility index (Phi) is 7.15. The lowest BCUT2D eigenvalue weighted by molar-refractivity contribution is 0.0938. The van der Waals surface area contributed by atoms with E-state index in [2.05, 4.69) is 20.9 Å². The van der Waals surface area contributed by atoms with Crippen molar-refractivity contribution in [1.82, 2.24) is 20.9 Å². The average molecular weight is 401 g/mol. The molecule has 0 radical (unpaired) electrons. The molecule has 6 nitrogen and oxygen atoms in total. The summed E-state index contributed by atoms with van der Waals surface area (Å²) >= 11 is 11.9. The van der Waals surface area contributed by atoms with E-state index in [0.717, 1.165) is 26.1 Å². The van der Waals surface area contributed by atoms with Crippen LogP contribution in [0.15, 0.2) is 18.2 Å². The molecule has 3 N–H and O–H groups in total. The fraction of sp³-hybridized carbons (Fsp3) is 0.556. The maximum Gasteiger partial charge on any atom is 0.315 e. The lowest BCUT2D eigenvalue weighted by atomic mass is 10.1. The van der Waals surface area contributed by atoms with Gasteiger partial charge in [-0.1, -0.05) is 23.2 Å². The van der Waals surface area contributed by atoms with Gasteiger partial charge in [-0.3, -0.25) is 9.69 Å². The monoisotopic (exact) mass is 400 g/mol. The summed E-state index contributed by atoms with van der Waals surface area (Å²) in [5.74, 6) is -0.177. The molecule has 0 spiro atoms. The first-order chi connectivity index (χ1) is 12.1. The molecule has 1 heterocycles. The Morgan fingerprint density at radius 3 is 2.46 bits per heavy atom. The second kappa shape index (κ2) is 8.93. The van der Waals surface area contributed by atoms with Crippen LogP contribution in [0.1, 0.15) is 37.6 Å². The zero-order chi connectivity index (χ0) is 19.3. The summed E-state index contributed by atoms with van der Waals surface area (Å²) in [7, 11) is 0. The smallest absolute Gasteiger partial charge is 0.315 e. The number of carbonyl (C=O) groups is 2. The van der Waals surface area contributed by atoms with Gasteiger partial charge in [0.2, 0.25) is 0 Å². The van der Waals surface area contributed by atoms with Gasteiger partial charge in [-0.2, -0.15) is 0 Å². The van der Waals surface area contributed by atoms with E-state index in [9.17, 15) is 9.59 Å². The van der Waals surface area contributed by atoms with E-state index in [1.165, 1.54) is 0 Å². The lowest BCUT2D eigenvalue weighted by Gasteiger charge is -2.22. The predicted octanol–water partition coefficient (Wildman–Crippen LogP) is 2.90. The fourth-order valence-corrected chi connectivity index (χ4v) is 3.35. The number of rotatable bonds is 5. The average Bonchev–Trinajstić information content (AvgIpc) is 2.91. The Bertz CT molecular complexity index is 641. The van der Waals surface area contributed by atoms with Gasteiger partial charge < -0.3 is 16.0 Å². The topological polar surface area (TPSA) is 73.5 Å². The second-order valence-electron chi connectivity index (χ2n) is 7.55. The van der Waals surface area contributed by atoms with Gasteiger partial charge in [0, 0.05) is 53.4 Å². The Labute approximate surface area is 164 Å². The van der Waals surface area contributed by atoms with E-state index < -0.39 is 0 Å². The second-order valence-corrected chi connectivity index (χ2v) is 8.42. The molecule has 0 aromatic heterocycles. The normalized spacial score (nSPS) is 17.8. The van der Waals surface area contributed by atoms with Crippen LogP contribution in [-0.2, 0) is 0 Å². The summed E-state index contributed by atoms with van der Waals surface area (Å²) in [6.45, 7) is 8.75. The molecule has 1 aromatic carbocycles. The molecule has 26 heavy (non-hydrogen) atoms. The van der Waals surface area contributed by atoms with Crippen LogP contribution in [0.25, 0.3) is 0 Å². The van der Waals surface area contributed by atoms with Crippen LogP contribution >= 0.6 is 23.2 Å². The van der Waals surface area contributed by atoms with Gasteiger partial charge in [0.25, 0.3) is 5.91 Å². The number of nitrogens with zero attached hydrogens (tertiary/aromatic N) is 1. The molecule has 8 heteroatoms. The molecule has 0 aliphatic carbocycles. The Hall–Kier alpha value is -1.50. The first-order valence-corrected chi connectivity index (χ1v) is 9.43. The van der Waals surface area contributed by atoms with E-state index in [-0.39, 0.29) is 23.5 Å². The van der Waals surface area contributed by atoms with E-state index in [1.807, 2.05) is 20.8 Å². The molecule has 1 aliphatic heterocycles. The summed E-state index contributed by atoms with van der Waals surface area (Å²) < 4.78 is 0. The minimum absolute atomic E-state index is 0.0728. The molecule has 144 valence electrons. The largest absolute Gasteiger partial charge is 0.348 e. The number of urea groups is 1. The van der Waals surface area contributed by atoms with Gasteiger partial charge in [-0.05, 0) is 45.4 Å². The van der Waals surface area contributed by atoms with Crippen LogP contribution in [0.4, 0.5) is 4.79 Å². The molecule has 1 unspecified atom stereocenters. The molecule has 0 bridgehead atoms. The first-order valence-electron chi connectivity index (χ1n) is 8.68. The van der Waals surface area contributed by atoms with Gasteiger partial charge in [0.15, 0.2) is 0 Å². The number of hydrogen-bond donors (Lipinski definition) is 3. The molecule has 1 fully saturated rings. The lowest BCUT2D eigenvalue weighted by Crippen LogP contribution is -2.48. The number of benzene rings is 1. The van der Waals surface area contributed by atoms with Crippen molar-refractivity contribution in [3.63, 3.8) is 0 Å². The summed E-state index contributed by atoms with van der Waals surface area (Å²) in [5, 5.41) is 9.60. The number of carbonyl (C=O) groups excluding carboxylic acids is 2. The summed E-state index contributed by atoms with van der Waals surface area (Å²) in [6, 6.07) is 4.71. The predicted molar refractivity (Wildman–Crippen MR) is 105 cm³/mol. The van der Waals surface area contributed by atoms with Gasteiger partial charge in [-0.25, -0.2) is 4.79 Å².